The van der Waals surface area contributed by atoms with Crippen molar-refractivity contribution in [2.45, 2.75) is 426 Å². The van der Waals surface area contributed by atoms with Crippen LogP contribution in [0.5, 0.6) is 0 Å². The molecule has 0 aromatic heterocycles. The normalized spacial score (nSPS) is 14.2. The molecule has 576 valence electrons. The summed E-state index contributed by atoms with van der Waals surface area (Å²) in [6.07, 6.45) is 58.2. The van der Waals surface area contributed by atoms with Crippen molar-refractivity contribution < 1.29 is 80.2 Å². The molecule has 0 radical (unpaired) electrons. The van der Waals surface area contributed by atoms with Crippen LogP contribution in [0, 0.1) is 11.8 Å². The molecular formula is C78H152O17P2. The number of ether oxygens (including phenoxy) is 4. The Balaban J connectivity index is 5.25. The summed E-state index contributed by atoms with van der Waals surface area (Å²) in [5.74, 6) is -0.576. The van der Waals surface area contributed by atoms with Crippen molar-refractivity contribution in [1.82, 2.24) is 0 Å². The second-order valence-electron chi connectivity index (χ2n) is 28.8. The van der Waals surface area contributed by atoms with Crippen LogP contribution in [0.3, 0.4) is 0 Å². The minimum absolute atomic E-state index is 0.107. The van der Waals surface area contributed by atoms with Gasteiger partial charge in [-0.3, -0.25) is 37.3 Å². The third-order valence-corrected chi connectivity index (χ3v) is 20.5. The minimum Gasteiger partial charge on any atom is -0.462 e. The fourth-order valence-electron chi connectivity index (χ4n) is 12.0. The van der Waals surface area contributed by atoms with Crippen molar-refractivity contribution in [3.8, 4) is 0 Å². The maximum absolute atomic E-state index is 13.1. The molecule has 19 heteroatoms. The predicted octanol–water partition coefficient (Wildman–Crippen LogP) is 23.1. The van der Waals surface area contributed by atoms with Gasteiger partial charge in [0.1, 0.15) is 19.3 Å². The zero-order valence-electron chi connectivity index (χ0n) is 63.4. The van der Waals surface area contributed by atoms with E-state index in [9.17, 15) is 43.2 Å². The maximum Gasteiger partial charge on any atom is 0.472 e. The van der Waals surface area contributed by atoms with Gasteiger partial charge in [0.15, 0.2) is 12.2 Å². The lowest BCUT2D eigenvalue weighted by molar-refractivity contribution is -0.161. The summed E-state index contributed by atoms with van der Waals surface area (Å²) in [7, 11) is -9.91. The predicted molar refractivity (Wildman–Crippen MR) is 395 cm³/mol. The molecule has 6 atom stereocenters. The van der Waals surface area contributed by atoms with Gasteiger partial charge in [-0.2, -0.15) is 0 Å². The zero-order valence-corrected chi connectivity index (χ0v) is 65.2. The molecule has 97 heavy (non-hydrogen) atoms. The monoisotopic (exact) mass is 1420 g/mol. The van der Waals surface area contributed by atoms with Gasteiger partial charge in [0, 0.05) is 25.7 Å². The van der Waals surface area contributed by atoms with Crippen molar-refractivity contribution in [2.24, 2.45) is 11.8 Å². The average Bonchev–Trinajstić information content (AvgIpc) is 1.14. The fourth-order valence-corrected chi connectivity index (χ4v) is 13.6. The van der Waals surface area contributed by atoms with Gasteiger partial charge < -0.3 is 33.8 Å². The first kappa shape index (κ1) is 95.1. The van der Waals surface area contributed by atoms with Crippen LogP contribution >= 0.6 is 15.6 Å². The number of aliphatic hydroxyl groups is 1. The van der Waals surface area contributed by atoms with Gasteiger partial charge >= 0.3 is 39.5 Å². The van der Waals surface area contributed by atoms with Gasteiger partial charge in [0.05, 0.1) is 26.4 Å². The molecule has 0 bridgehead atoms. The number of esters is 4. The average molecular weight is 1420 g/mol. The van der Waals surface area contributed by atoms with Crippen molar-refractivity contribution in [3.05, 3.63) is 0 Å². The number of unbranched alkanes of at least 4 members (excludes halogenated alkanes) is 46. The van der Waals surface area contributed by atoms with E-state index in [0.717, 1.165) is 102 Å². The Kier molecular flexibility index (Phi) is 68.4. The summed E-state index contributed by atoms with van der Waals surface area (Å²) < 4.78 is 68.6. The lowest BCUT2D eigenvalue weighted by atomic mass is 9.99. The van der Waals surface area contributed by atoms with Crippen LogP contribution in [0.1, 0.15) is 408 Å². The van der Waals surface area contributed by atoms with E-state index in [2.05, 4.69) is 41.5 Å². The lowest BCUT2D eigenvalue weighted by Crippen LogP contribution is -2.30. The molecule has 0 rings (SSSR count). The molecule has 0 heterocycles. The summed E-state index contributed by atoms with van der Waals surface area (Å²) in [6.45, 7) is 9.61. The van der Waals surface area contributed by atoms with Crippen LogP contribution in [0.15, 0.2) is 0 Å². The third-order valence-electron chi connectivity index (χ3n) is 18.6. The molecular weight excluding hydrogens is 1270 g/mol. The Bertz CT molecular complexity index is 1870. The number of carbonyl (C=O) groups excluding carboxylic acids is 4. The van der Waals surface area contributed by atoms with Crippen molar-refractivity contribution in [3.63, 3.8) is 0 Å². The van der Waals surface area contributed by atoms with Crippen LogP contribution in [0.2, 0.25) is 0 Å². The van der Waals surface area contributed by atoms with E-state index in [1.807, 2.05) is 0 Å². The SMILES string of the molecule is CCCCCCCCCCCCCCCCCCCCCC(=O)O[C@H](COC(=O)CCCCCCCCCCCCC(C)CC)COP(=O)(O)OC[C@@H](O)COP(=O)(O)OC[C@@H](COC(=O)CCCCCCCCCCC(C)C)OC(=O)CCCCCCCCCCCCCCC. The van der Waals surface area contributed by atoms with Gasteiger partial charge in [-0.25, -0.2) is 9.13 Å². The number of phosphoric acid groups is 2. The number of phosphoric ester groups is 2. The Morgan fingerprint density at radius 1 is 0.299 bits per heavy atom. The standard InChI is InChI=1S/C78H152O17P2/c1-7-10-12-14-16-18-20-22-23-24-25-26-27-29-31-37-45-51-57-63-78(83)94-73(66-88-75(80)60-54-48-42-35-33-32-34-41-47-53-59-71(6)9-3)68-92-96(84,85)90-64-72(79)65-91-97(86,87)93-69-74(67-89-76(81)61-55-49-43-39-38-40-46-52-58-70(4)5)95-77(82)62-56-50-44-36-30-28-21-19-17-15-13-11-8-2/h70-74,79H,7-69H2,1-6H3,(H,84,85)(H,86,87)/t71?,72-,73-,74-/m1/s1. The van der Waals surface area contributed by atoms with Gasteiger partial charge in [0.25, 0.3) is 0 Å². The summed E-state index contributed by atoms with van der Waals surface area (Å²) in [6, 6.07) is 0. The lowest BCUT2D eigenvalue weighted by Gasteiger charge is -2.21. The van der Waals surface area contributed by atoms with Gasteiger partial charge in [-0.15, -0.1) is 0 Å². The van der Waals surface area contributed by atoms with Crippen molar-refractivity contribution in [1.29, 1.82) is 0 Å². The number of aliphatic hydroxyl groups excluding tert-OH is 1. The van der Waals surface area contributed by atoms with E-state index in [1.165, 1.54) is 225 Å². The molecule has 0 aromatic rings. The first-order chi connectivity index (χ1) is 46.9. The topological polar surface area (TPSA) is 237 Å². The molecule has 0 aromatic carbocycles. The Labute approximate surface area is 594 Å². The highest BCUT2D eigenvalue weighted by Crippen LogP contribution is 2.45. The van der Waals surface area contributed by atoms with Crippen LogP contribution < -0.4 is 0 Å². The van der Waals surface area contributed by atoms with E-state index < -0.39 is 97.5 Å². The van der Waals surface area contributed by atoms with Crippen LogP contribution in [0.25, 0.3) is 0 Å². The number of carbonyl (C=O) groups is 4. The van der Waals surface area contributed by atoms with Gasteiger partial charge in [-0.1, -0.05) is 356 Å². The molecule has 0 aliphatic rings. The van der Waals surface area contributed by atoms with E-state index in [-0.39, 0.29) is 25.7 Å². The zero-order chi connectivity index (χ0) is 71.4. The third kappa shape index (κ3) is 70.9. The molecule has 3 N–H and O–H groups in total. The molecule has 0 spiro atoms. The molecule has 0 aliphatic carbocycles. The minimum atomic E-state index is -4.96. The Morgan fingerprint density at radius 2 is 0.526 bits per heavy atom. The summed E-state index contributed by atoms with van der Waals surface area (Å²) >= 11 is 0. The molecule has 17 nitrogen and oxygen atoms in total. The smallest absolute Gasteiger partial charge is 0.462 e. The van der Waals surface area contributed by atoms with E-state index in [1.54, 1.807) is 0 Å². The quantitative estimate of drug-likeness (QED) is 0.0222. The fraction of sp³-hybridized carbons (Fsp3) is 0.949. The summed E-state index contributed by atoms with van der Waals surface area (Å²) in [4.78, 5) is 72.9. The van der Waals surface area contributed by atoms with Gasteiger partial charge in [-0.05, 0) is 37.5 Å². The molecule has 0 saturated heterocycles. The molecule has 0 amide bonds. The van der Waals surface area contributed by atoms with Crippen LogP contribution in [-0.2, 0) is 65.4 Å². The number of rotatable bonds is 77. The molecule has 3 unspecified atom stereocenters. The first-order valence-electron chi connectivity index (χ1n) is 40.5. The van der Waals surface area contributed by atoms with Crippen LogP contribution in [0.4, 0.5) is 0 Å². The number of hydrogen-bond donors (Lipinski definition) is 3. The first-order valence-corrected chi connectivity index (χ1v) is 43.5. The van der Waals surface area contributed by atoms with E-state index in [0.29, 0.717) is 25.7 Å². The molecule has 0 fully saturated rings. The van der Waals surface area contributed by atoms with Crippen molar-refractivity contribution >= 4 is 39.5 Å². The largest absolute Gasteiger partial charge is 0.472 e. The molecule has 0 aliphatic heterocycles. The van der Waals surface area contributed by atoms with Crippen molar-refractivity contribution in [2.75, 3.05) is 39.6 Å². The highest BCUT2D eigenvalue weighted by molar-refractivity contribution is 7.47. The Hall–Kier alpha value is -1.94. The highest BCUT2D eigenvalue weighted by atomic mass is 31.2. The summed E-state index contributed by atoms with van der Waals surface area (Å²) in [5, 5.41) is 10.6. The second-order valence-corrected chi connectivity index (χ2v) is 31.7. The van der Waals surface area contributed by atoms with E-state index in [4.69, 9.17) is 37.0 Å². The summed E-state index contributed by atoms with van der Waals surface area (Å²) in [5.41, 5.74) is 0. The van der Waals surface area contributed by atoms with Gasteiger partial charge in [0.2, 0.25) is 0 Å². The van der Waals surface area contributed by atoms with Crippen LogP contribution in [-0.4, -0.2) is 96.7 Å². The molecule has 0 saturated carbocycles. The van der Waals surface area contributed by atoms with E-state index >= 15 is 0 Å². The Morgan fingerprint density at radius 3 is 0.784 bits per heavy atom. The number of hydrogen-bond acceptors (Lipinski definition) is 15. The second kappa shape index (κ2) is 69.8. The highest BCUT2D eigenvalue weighted by Gasteiger charge is 2.30. The maximum atomic E-state index is 13.1.